The van der Waals surface area contributed by atoms with E-state index in [2.05, 4.69) is 275 Å². The molecular weight excluding hydrogens is 810 g/mol. The van der Waals surface area contributed by atoms with Gasteiger partial charge in [0.15, 0.2) is 0 Å². The van der Waals surface area contributed by atoms with Crippen LogP contribution in [0.2, 0.25) is 0 Å². The van der Waals surface area contributed by atoms with Gasteiger partial charge in [-0.2, -0.15) is 0 Å². The minimum atomic E-state index is -0.0504. The van der Waals surface area contributed by atoms with Crippen molar-refractivity contribution in [2.24, 2.45) is 0 Å². The molecule has 326 valence electrons. The number of benzene rings is 9. The van der Waals surface area contributed by atoms with E-state index in [4.69, 9.17) is 0 Å². The van der Waals surface area contributed by atoms with E-state index >= 15 is 0 Å². The summed E-state index contributed by atoms with van der Waals surface area (Å²) in [6.07, 6.45) is 0. The average molecular weight is 866 g/mol. The largest absolute Gasteiger partial charge is 0.311 e. The van der Waals surface area contributed by atoms with Gasteiger partial charge in [0.1, 0.15) is 0 Å². The minimum Gasteiger partial charge on any atom is -0.311 e. The molecule has 9 aromatic rings. The van der Waals surface area contributed by atoms with Crippen molar-refractivity contribution in [3.8, 4) is 22.3 Å². The van der Waals surface area contributed by atoms with E-state index in [-0.39, 0.29) is 17.5 Å². The van der Waals surface area contributed by atoms with Crippen LogP contribution in [0.15, 0.2) is 212 Å². The van der Waals surface area contributed by atoms with E-state index in [1.54, 1.807) is 0 Å². The summed E-state index contributed by atoms with van der Waals surface area (Å²) in [6, 6.07) is 79.0. The van der Waals surface area contributed by atoms with E-state index in [0.717, 1.165) is 22.7 Å². The second-order valence-electron chi connectivity index (χ2n) is 20.4. The van der Waals surface area contributed by atoms with Crippen LogP contribution < -0.4 is 31.1 Å². The molecule has 0 atom stereocenters. The monoisotopic (exact) mass is 865 g/mol. The molecule has 2 aliphatic heterocycles. The maximum absolute atomic E-state index is 2.58. The maximum Gasteiger partial charge on any atom is 0.252 e. The average Bonchev–Trinajstić information content (AvgIpc) is 3.34. The molecule has 11 rings (SSSR count). The molecule has 0 saturated heterocycles. The fraction of sp³-hybridized carbons (Fsp3) is 0.143. The molecule has 0 aromatic heterocycles. The van der Waals surface area contributed by atoms with Gasteiger partial charge < -0.3 is 14.7 Å². The van der Waals surface area contributed by atoms with Crippen molar-refractivity contribution in [2.45, 2.75) is 59.3 Å². The highest BCUT2D eigenvalue weighted by atomic mass is 15.2. The Morgan fingerprint density at radius 3 is 1.51 bits per heavy atom. The zero-order chi connectivity index (χ0) is 46.0. The van der Waals surface area contributed by atoms with Crippen LogP contribution in [0.1, 0.15) is 58.2 Å². The van der Waals surface area contributed by atoms with Crippen molar-refractivity contribution < 1.29 is 0 Å². The summed E-state index contributed by atoms with van der Waals surface area (Å²) >= 11 is 0. The molecule has 4 heteroatoms. The number of para-hydroxylation sites is 2. The molecular formula is C63H56BN3. The van der Waals surface area contributed by atoms with Crippen LogP contribution in [0.3, 0.4) is 0 Å². The third-order valence-electron chi connectivity index (χ3n) is 13.8. The Labute approximate surface area is 397 Å². The van der Waals surface area contributed by atoms with Crippen molar-refractivity contribution in [2.75, 3.05) is 14.7 Å². The molecule has 2 heterocycles. The number of rotatable bonds is 7. The van der Waals surface area contributed by atoms with Crippen molar-refractivity contribution >= 4 is 74.3 Å². The summed E-state index contributed by atoms with van der Waals surface area (Å²) < 4.78 is 0. The quantitative estimate of drug-likeness (QED) is 0.148. The second kappa shape index (κ2) is 16.4. The number of nitrogens with zero attached hydrogens (tertiary/aromatic N) is 3. The molecule has 3 nitrogen and oxygen atoms in total. The third-order valence-corrected chi connectivity index (χ3v) is 13.8. The van der Waals surface area contributed by atoms with E-state index in [1.807, 2.05) is 0 Å². The van der Waals surface area contributed by atoms with E-state index in [1.165, 1.54) is 83.8 Å². The maximum atomic E-state index is 2.58. The molecule has 0 bridgehead atoms. The topological polar surface area (TPSA) is 9.72 Å². The normalized spacial score (nSPS) is 12.9. The molecule has 0 fully saturated rings. The summed E-state index contributed by atoms with van der Waals surface area (Å²) in [5.74, 6) is 0. The number of fused-ring (bicyclic) bond motifs is 4. The van der Waals surface area contributed by atoms with Crippen LogP contribution >= 0.6 is 0 Å². The lowest BCUT2D eigenvalue weighted by molar-refractivity contribution is 0.590. The first-order chi connectivity index (χ1) is 32.4. The zero-order valence-corrected chi connectivity index (χ0v) is 39.6. The lowest BCUT2D eigenvalue weighted by Gasteiger charge is -2.45. The standard InChI is InChI=1S/C63H56BN3/c1-43-38-59-61-60(39-43)67(56-37-31-48(63(5,6)7)41-53(56)45-22-14-9-15-23-45)57-36-28-46(44-20-12-8-13-21-44)40-55(57)64(61)54-35-34-52(65(49-24-16-10-17-25-49)50-26-18-11-19-27-50)42-58(54)66(59)51-32-29-47(30-33-51)62(2,3)4/h8-42H,1-7H3. The summed E-state index contributed by atoms with van der Waals surface area (Å²) in [4.78, 5) is 7.51. The second-order valence-corrected chi connectivity index (χ2v) is 20.4. The van der Waals surface area contributed by atoms with Gasteiger partial charge in [0.2, 0.25) is 0 Å². The van der Waals surface area contributed by atoms with Crippen LogP contribution in [0.4, 0.5) is 51.2 Å². The summed E-state index contributed by atoms with van der Waals surface area (Å²) in [5, 5.41) is 0. The summed E-state index contributed by atoms with van der Waals surface area (Å²) in [6.45, 7) is 16.0. The molecule has 67 heavy (non-hydrogen) atoms. The predicted octanol–water partition coefficient (Wildman–Crippen LogP) is 15.5. The van der Waals surface area contributed by atoms with Gasteiger partial charge in [-0.1, -0.05) is 175 Å². The van der Waals surface area contributed by atoms with Gasteiger partial charge in [-0.15, -0.1) is 0 Å². The van der Waals surface area contributed by atoms with Crippen molar-refractivity contribution in [3.63, 3.8) is 0 Å². The molecule has 0 unspecified atom stereocenters. The van der Waals surface area contributed by atoms with Crippen LogP contribution in [0.5, 0.6) is 0 Å². The van der Waals surface area contributed by atoms with Crippen LogP contribution in [-0.2, 0) is 10.8 Å². The summed E-state index contributed by atoms with van der Waals surface area (Å²) in [7, 11) is 0. The Morgan fingerprint density at radius 2 is 0.910 bits per heavy atom. The van der Waals surface area contributed by atoms with Crippen molar-refractivity contribution in [1.82, 2.24) is 0 Å². The zero-order valence-electron chi connectivity index (χ0n) is 39.6. The molecule has 0 saturated carbocycles. The van der Waals surface area contributed by atoms with Crippen LogP contribution in [-0.4, -0.2) is 6.71 Å². The van der Waals surface area contributed by atoms with Gasteiger partial charge >= 0.3 is 0 Å². The Balaban J connectivity index is 1.22. The van der Waals surface area contributed by atoms with Gasteiger partial charge in [-0.3, -0.25) is 0 Å². The number of hydrogen-bond acceptors (Lipinski definition) is 3. The highest BCUT2D eigenvalue weighted by Gasteiger charge is 2.44. The highest BCUT2D eigenvalue weighted by molar-refractivity contribution is 7.00. The van der Waals surface area contributed by atoms with Gasteiger partial charge in [0.25, 0.3) is 6.71 Å². The lowest BCUT2D eigenvalue weighted by atomic mass is 9.33. The highest BCUT2D eigenvalue weighted by Crippen LogP contribution is 2.49. The van der Waals surface area contributed by atoms with Gasteiger partial charge in [0, 0.05) is 51.1 Å². The molecule has 0 radical (unpaired) electrons. The predicted molar refractivity (Wildman–Crippen MR) is 288 cm³/mol. The van der Waals surface area contributed by atoms with Crippen LogP contribution in [0, 0.1) is 6.92 Å². The molecule has 9 aromatic carbocycles. The van der Waals surface area contributed by atoms with Crippen molar-refractivity contribution in [1.29, 1.82) is 0 Å². The molecule has 0 amide bonds. The lowest BCUT2D eigenvalue weighted by Crippen LogP contribution is -2.61. The molecule has 0 spiro atoms. The molecule has 2 aliphatic rings. The van der Waals surface area contributed by atoms with E-state index in [9.17, 15) is 0 Å². The minimum absolute atomic E-state index is 0.0185. The smallest absolute Gasteiger partial charge is 0.252 e. The fourth-order valence-corrected chi connectivity index (χ4v) is 10.4. The Bertz CT molecular complexity index is 3220. The number of aryl methyl sites for hydroxylation is 1. The Hall–Kier alpha value is -7.56. The van der Waals surface area contributed by atoms with E-state index < -0.39 is 0 Å². The fourth-order valence-electron chi connectivity index (χ4n) is 10.4. The first-order valence-corrected chi connectivity index (χ1v) is 23.7. The SMILES string of the molecule is Cc1cc2c3c(c1)N(c1ccc(C(C)(C)C)cc1-c1ccccc1)c1ccc(-c4ccccc4)cc1B3c1ccc(N(c3ccccc3)c3ccccc3)cc1N2c1ccc(C(C)(C)C)cc1. The van der Waals surface area contributed by atoms with Gasteiger partial charge in [-0.05, 0) is 146 Å². The van der Waals surface area contributed by atoms with Gasteiger partial charge in [-0.25, -0.2) is 0 Å². The summed E-state index contributed by atoms with van der Waals surface area (Å²) in [5.41, 5.74) is 23.0. The third kappa shape index (κ3) is 7.51. The Morgan fingerprint density at radius 1 is 0.373 bits per heavy atom. The number of hydrogen-bond donors (Lipinski definition) is 0. The van der Waals surface area contributed by atoms with Gasteiger partial charge in [0.05, 0.1) is 5.69 Å². The first kappa shape index (κ1) is 42.1. The Kier molecular flexibility index (Phi) is 10.3. The van der Waals surface area contributed by atoms with Crippen LogP contribution in [0.25, 0.3) is 22.3 Å². The molecule has 0 aliphatic carbocycles. The number of anilines is 9. The van der Waals surface area contributed by atoms with Crippen molar-refractivity contribution in [3.05, 3.63) is 229 Å². The molecule has 0 N–H and O–H groups in total. The van der Waals surface area contributed by atoms with E-state index in [0.29, 0.717) is 0 Å². The first-order valence-electron chi connectivity index (χ1n) is 23.7.